The van der Waals surface area contributed by atoms with Gasteiger partial charge in [0.2, 0.25) is 17.7 Å². The number of aliphatic carboxylic acids is 1. The van der Waals surface area contributed by atoms with Crippen LogP contribution in [0, 0.1) is 52.3 Å². The summed E-state index contributed by atoms with van der Waals surface area (Å²) in [4.78, 5) is 168. The average molecular weight is 2140 g/mol. The van der Waals surface area contributed by atoms with Crippen LogP contribution in [0.1, 0.15) is 201 Å². The number of β-amino-alcohol motifs (C(OH)–C–C–N with tert-alkyl or cyclic N) is 1. The van der Waals surface area contributed by atoms with E-state index in [0.29, 0.717) is 71.2 Å². The monoisotopic (exact) mass is 2140 g/mol. The number of fused-ring (bicyclic) bond motifs is 4. The van der Waals surface area contributed by atoms with Crippen molar-refractivity contribution in [2.24, 2.45) is 45.3 Å². The Balaban J connectivity index is 0.000000199. The van der Waals surface area contributed by atoms with Gasteiger partial charge in [0.25, 0.3) is 0 Å². The van der Waals surface area contributed by atoms with E-state index < -0.39 is 136 Å². The van der Waals surface area contributed by atoms with Gasteiger partial charge in [-0.3, -0.25) is 47.9 Å². The van der Waals surface area contributed by atoms with E-state index in [2.05, 4.69) is 121 Å². The van der Waals surface area contributed by atoms with E-state index >= 15 is 0 Å². The molecule has 812 valence electrons. The smallest absolute Gasteiger partial charge is 0.377 e. The summed E-state index contributed by atoms with van der Waals surface area (Å²) >= 11 is 6.75. The fraction of sp³-hybridized carbons (Fsp3) is 0.534. The average Bonchev–Trinajstić information content (AvgIpc) is 1.57. The van der Waals surface area contributed by atoms with Crippen LogP contribution in [0.15, 0.2) is 196 Å². The van der Waals surface area contributed by atoms with E-state index in [9.17, 15) is 77.8 Å². The lowest BCUT2D eigenvalue weighted by atomic mass is 9.77. The third-order valence-electron chi connectivity index (χ3n) is 27.7. The van der Waals surface area contributed by atoms with E-state index in [1.54, 1.807) is 125 Å². The summed E-state index contributed by atoms with van der Waals surface area (Å²) in [5.41, 5.74) is -3.29. The topological polar surface area (TPSA) is 367 Å². The summed E-state index contributed by atoms with van der Waals surface area (Å²) in [6, 6.07) is 52.5. The molecule has 0 aromatic heterocycles. The van der Waals surface area contributed by atoms with Crippen molar-refractivity contribution in [1.29, 1.82) is 0 Å². The summed E-state index contributed by atoms with van der Waals surface area (Å²) in [5, 5.41) is 47.9. The third kappa shape index (κ3) is 32.9. The van der Waals surface area contributed by atoms with Crippen LogP contribution in [0.25, 0.3) is 43.1 Å². The Bertz CT molecular complexity index is 6110. The molecule has 1 aliphatic carbocycles. The molecular weight excluding hydrogens is 1980 g/mol. The number of aliphatic hydroxyl groups is 1. The molecule has 14 rings (SSSR count). The highest BCUT2D eigenvalue weighted by Gasteiger charge is 2.62. The molecule has 2 unspecified atom stereocenters. The van der Waals surface area contributed by atoms with Crippen LogP contribution in [-0.4, -0.2) is 265 Å². The van der Waals surface area contributed by atoms with Gasteiger partial charge in [0.05, 0.1) is 82.5 Å². The minimum absolute atomic E-state index is 0.00509. The number of carboxylic acids is 1. The number of likely N-dealkylation sites (tertiary alicyclic amines) is 3. The number of rotatable bonds is 29. The standard InChI is InChI=1S/C36H47NO6S.C29H39NO5S.C27H35NO5S.C17H20BNO3S.C7H14BNO4/c1-9-24-20-36(24,33(41)42-10-2)21-29(38)28-18-25(44-30-17-13-15-23-14-11-12-16-26(23)30)22-37(28)32(40)27(34(3,4)5)19-31(39)43-35(6,7)8;1-18-12-13-19-10-9-11-24(21(19)14-18)36-20-15-23(27(33)34-8)30(17-20)26(32)22(28(2,3)4)16-25(31)35-29(5,6)7;1-26(2,3)20(15-23(29)33-27(4,5)6)24(30)28-16-18(14-21(28)25(31)32)34-22-13-9-11-17-10-7-8-12-19(17)22;1-18(21)19-11-13(10-15(19)17(20)22-2)23-16-9-5-7-12-6-3-4-8-14(12)16;1-8(12)9-4-5(10)3-6(9)7(11)13-2/h9,11-17,24-25,27-28H,1,10,18-22H2,2-8H3;9-14,20,22-23H,15-17H2,1-8H3;7-13,18,20-21H,14-16H2,1-6H3,(H,31,32);3-9,13,15,21H,10-11H2,1-2H3;5-6,10,12H,3-4H2,1-2H3/t24?,25-,27-,28+,36?;20-,22-,23+;18-,20-,21+;13-,15+;5-,6+/m11111/s1. The number of aliphatic hydroxyl groups excluding tert-OH is 1. The quantitative estimate of drug-likeness (QED) is 0.0146. The summed E-state index contributed by atoms with van der Waals surface area (Å²) in [7, 11) is 2.65. The molecule has 4 N–H and O–H groups in total. The number of benzene rings is 8. The van der Waals surface area contributed by atoms with Gasteiger partial charge < -0.3 is 77.7 Å². The molecule has 5 heterocycles. The maximum atomic E-state index is 14.4. The number of aryl methyl sites for hydroxylation is 1. The molecule has 8 aromatic carbocycles. The van der Waals surface area contributed by atoms with Gasteiger partial charge in [-0.25, -0.2) is 9.59 Å². The Hall–Kier alpha value is -10.3. The number of allylic oxidation sites excluding steroid dienone is 1. The van der Waals surface area contributed by atoms with Crippen LogP contribution >= 0.6 is 47.0 Å². The lowest BCUT2D eigenvalue weighted by Crippen LogP contribution is -2.48. The molecule has 0 spiro atoms. The number of carbonyl (C=O) groups is 12. The van der Waals surface area contributed by atoms with Gasteiger partial charge in [-0.2, -0.15) is 0 Å². The lowest BCUT2D eigenvalue weighted by Gasteiger charge is -2.35. The number of carboxylic acid groups (broad SMARTS) is 1. The number of carbonyl (C=O) groups excluding carboxylic acids is 11. The molecule has 0 radical (unpaired) electrons. The maximum absolute atomic E-state index is 14.4. The fourth-order valence-electron chi connectivity index (χ4n) is 20.1. The van der Waals surface area contributed by atoms with Gasteiger partial charge >= 0.3 is 61.9 Å². The van der Waals surface area contributed by atoms with E-state index in [4.69, 9.17) is 28.4 Å². The third-order valence-corrected chi connectivity index (χ3v) is 32.8. The summed E-state index contributed by atoms with van der Waals surface area (Å²) in [5.74, 6) is -6.81. The highest BCUT2D eigenvalue weighted by molar-refractivity contribution is 8.01. The van der Waals surface area contributed by atoms with E-state index in [-0.39, 0.29) is 101 Å². The van der Waals surface area contributed by atoms with Gasteiger partial charge in [0, 0.05) is 79.7 Å². The molecule has 0 bridgehead atoms. The Morgan fingerprint density at radius 2 is 0.733 bits per heavy atom. The first-order valence-electron chi connectivity index (χ1n) is 51.7. The van der Waals surface area contributed by atoms with Gasteiger partial charge in [0.15, 0.2) is 5.78 Å². The molecule has 5 aliphatic heterocycles. The molecule has 34 heteroatoms. The van der Waals surface area contributed by atoms with Crippen LogP contribution < -0.4 is 0 Å². The van der Waals surface area contributed by atoms with Crippen molar-refractivity contribution in [1.82, 2.24) is 24.3 Å². The summed E-state index contributed by atoms with van der Waals surface area (Å²) in [6.07, 6.45) is 3.80. The zero-order valence-corrected chi connectivity index (χ0v) is 95.1. The first-order chi connectivity index (χ1) is 70.2. The van der Waals surface area contributed by atoms with Crippen LogP contribution in [0.4, 0.5) is 0 Å². The van der Waals surface area contributed by atoms with Crippen molar-refractivity contribution >= 4 is 175 Å². The summed E-state index contributed by atoms with van der Waals surface area (Å²) < 4.78 is 36.5. The first kappa shape index (κ1) is 122. The van der Waals surface area contributed by atoms with Crippen molar-refractivity contribution in [2.75, 3.05) is 60.7 Å². The molecular formula is C116H155B2N5O23S4. The minimum Gasteiger partial charge on any atom is -0.480 e. The number of methoxy groups -OCH3 is 3. The zero-order valence-electron chi connectivity index (χ0n) is 91.8. The Labute approximate surface area is 902 Å². The highest BCUT2D eigenvalue weighted by Crippen LogP contribution is 2.58. The lowest BCUT2D eigenvalue weighted by molar-refractivity contribution is -0.162. The Kier molecular flexibility index (Phi) is 42.2. The molecule has 6 aliphatic rings. The predicted molar refractivity (Wildman–Crippen MR) is 594 cm³/mol. The van der Waals surface area contributed by atoms with Gasteiger partial charge in [-0.1, -0.05) is 213 Å². The number of esters is 7. The molecule has 1 saturated carbocycles. The van der Waals surface area contributed by atoms with Crippen LogP contribution in [0.2, 0.25) is 13.6 Å². The second-order valence-electron chi connectivity index (χ2n) is 46.0. The number of hydrogen-bond donors (Lipinski definition) is 4. The first-order valence-corrected chi connectivity index (χ1v) is 55.2. The molecule has 8 aromatic rings. The SMILES string of the molecule is C=CC1CC1(CC(=O)[C@@H]1C[C@@H](Sc2cccc3ccccc23)CN1C(=O)[C@@H](CC(=O)OC(C)(C)C)C(C)(C)C)C(=O)OCC.CC(C)(C)OC(=O)C[C@H](C(=O)N1C[C@H](Sc2cccc3ccccc23)C[C@H]1C(=O)O)C(C)(C)C.COC(=O)[C@@H]1C[C@@H](O)CN1B(C)O.COC(=O)[C@@H]1C[C@@H](Sc2cccc3ccc(C)cc23)CN1C(=O)[C@@H](CC(=O)OC(C)(C)C)C(C)(C)C.COC(=O)[C@@H]1C[C@@H](Sc2cccc3ccccc23)CN1B(C)O. The molecule has 15 atom stereocenters. The van der Waals surface area contributed by atoms with Crippen LogP contribution in [0.5, 0.6) is 0 Å². The number of ketones is 1. The van der Waals surface area contributed by atoms with Crippen molar-refractivity contribution in [3.63, 3.8) is 0 Å². The number of ether oxygens (including phenoxy) is 7. The molecule has 5 saturated heterocycles. The second kappa shape index (κ2) is 52.1. The number of nitrogens with zero attached hydrogens (tertiary/aromatic N) is 5. The number of amides is 3. The van der Waals surface area contributed by atoms with Crippen molar-refractivity contribution < 1.29 is 111 Å². The van der Waals surface area contributed by atoms with Crippen LogP contribution in [-0.2, 0) is 90.7 Å². The number of hydrogen-bond acceptors (Lipinski definition) is 28. The number of thioether (sulfide) groups is 4. The second-order valence-corrected chi connectivity index (χ2v) is 51.4. The minimum atomic E-state index is -1.01. The maximum Gasteiger partial charge on any atom is 0.377 e. The van der Waals surface area contributed by atoms with Gasteiger partial charge in [0.1, 0.15) is 41.0 Å². The number of Topliss-reactive ketones (excluding diaryl/α,β-unsaturated/α-hetero) is 1. The van der Waals surface area contributed by atoms with Gasteiger partial charge in [-0.15, -0.1) is 53.6 Å². The predicted octanol–water partition coefficient (Wildman–Crippen LogP) is 19.5. The summed E-state index contributed by atoms with van der Waals surface area (Å²) in [6.45, 7) is 46.8. The molecule has 3 amide bonds. The molecule has 150 heavy (non-hydrogen) atoms. The van der Waals surface area contributed by atoms with Gasteiger partial charge in [-0.05, 0) is 218 Å². The van der Waals surface area contributed by atoms with E-state index in [0.717, 1.165) is 41.6 Å². The van der Waals surface area contributed by atoms with E-state index in [1.165, 1.54) is 57.7 Å². The van der Waals surface area contributed by atoms with Crippen molar-refractivity contribution in [3.05, 3.63) is 182 Å². The van der Waals surface area contributed by atoms with Crippen molar-refractivity contribution in [3.8, 4) is 0 Å². The fourth-order valence-corrected chi connectivity index (χ4v) is 25.4. The Morgan fingerprint density at radius 3 is 1.08 bits per heavy atom. The normalized spacial score (nSPS) is 22.0. The Morgan fingerprint density at radius 1 is 0.420 bits per heavy atom. The van der Waals surface area contributed by atoms with Crippen molar-refractivity contribution in [2.45, 2.75) is 310 Å². The van der Waals surface area contributed by atoms with E-state index in [1.807, 2.05) is 149 Å². The zero-order chi connectivity index (χ0) is 111. The molecule has 6 fully saturated rings. The highest BCUT2D eigenvalue weighted by atomic mass is 32.2. The molecule has 28 nitrogen and oxygen atoms in total. The largest absolute Gasteiger partial charge is 0.480 e. The van der Waals surface area contributed by atoms with Crippen LogP contribution in [0.3, 0.4) is 0 Å².